The van der Waals surface area contributed by atoms with Crippen LogP contribution in [0.5, 0.6) is 0 Å². The number of carbonyl (C=O) groups is 1. The number of pyridine rings is 1. The Morgan fingerprint density at radius 3 is 2.36 bits per heavy atom. The van der Waals surface area contributed by atoms with Crippen LogP contribution in [0.2, 0.25) is 0 Å². The highest BCUT2D eigenvalue weighted by molar-refractivity contribution is 5.97. The van der Waals surface area contributed by atoms with Crippen LogP contribution in [0.4, 0.5) is 0 Å². The summed E-state index contributed by atoms with van der Waals surface area (Å²) in [5.74, 6) is -0.794. The molecular formula is C27H37N3O3. The van der Waals surface area contributed by atoms with Crippen molar-refractivity contribution in [2.45, 2.75) is 73.8 Å². The van der Waals surface area contributed by atoms with Gasteiger partial charge in [-0.3, -0.25) is 4.79 Å². The number of aromatic nitrogens is 3. The van der Waals surface area contributed by atoms with Crippen molar-refractivity contribution >= 4 is 17.1 Å². The Balaban J connectivity index is 0.00000187. The smallest absolute Gasteiger partial charge is 0.341 e. The van der Waals surface area contributed by atoms with E-state index < -0.39 is 11.4 Å². The Morgan fingerprint density at radius 1 is 1.27 bits per heavy atom. The minimum absolute atomic E-state index is 0.00200. The van der Waals surface area contributed by atoms with Crippen LogP contribution >= 0.6 is 0 Å². The van der Waals surface area contributed by atoms with Crippen LogP contribution in [0, 0.1) is 11.3 Å². The molecule has 1 aliphatic carbocycles. The maximum atomic E-state index is 12.7. The van der Waals surface area contributed by atoms with Crippen LogP contribution in [0.25, 0.3) is 11.1 Å². The highest BCUT2D eigenvalue weighted by atomic mass is 16.4. The van der Waals surface area contributed by atoms with Gasteiger partial charge in [0.25, 0.3) is 0 Å². The number of carboxylic acids is 1. The summed E-state index contributed by atoms with van der Waals surface area (Å²) < 4.78 is 1.97. The zero-order valence-corrected chi connectivity index (χ0v) is 21.0. The Hall–Kier alpha value is -3.02. The van der Waals surface area contributed by atoms with Gasteiger partial charge in [0.2, 0.25) is 0 Å². The lowest BCUT2D eigenvalue weighted by Crippen LogP contribution is -2.29. The van der Waals surface area contributed by atoms with E-state index in [0.717, 1.165) is 41.5 Å². The monoisotopic (exact) mass is 451 g/mol. The molecule has 1 aliphatic rings. The zero-order chi connectivity index (χ0) is 24.9. The van der Waals surface area contributed by atoms with Crippen LogP contribution in [0.15, 0.2) is 47.7 Å². The summed E-state index contributed by atoms with van der Waals surface area (Å²) in [6.45, 7) is 18.8. The molecule has 0 spiro atoms. The maximum absolute atomic E-state index is 12.7. The van der Waals surface area contributed by atoms with Crippen molar-refractivity contribution in [2.24, 2.45) is 11.3 Å². The second kappa shape index (κ2) is 10.7. The number of allylic oxidation sites excluding steroid dienone is 3. The fourth-order valence-corrected chi connectivity index (χ4v) is 4.34. The van der Waals surface area contributed by atoms with Crippen LogP contribution in [0.3, 0.4) is 0 Å². The first-order valence-corrected chi connectivity index (χ1v) is 11.7. The van der Waals surface area contributed by atoms with Crippen molar-refractivity contribution in [3.8, 4) is 0 Å². The molecule has 0 amide bonds. The van der Waals surface area contributed by atoms with Crippen molar-refractivity contribution in [3.63, 3.8) is 0 Å². The van der Waals surface area contributed by atoms with Gasteiger partial charge in [0.15, 0.2) is 5.43 Å². The summed E-state index contributed by atoms with van der Waals surface area (Å²) in [5, 5.41) is 17.5. The minimum Gasteiger partial charge on any atom is -0.477 e. The topological polar surface area (TPSA) is 85.1 Å². The molecule has 1 N–H and O–H groups in total. The standard InChI is InChI=1S/C25H31N3O3.C2H6/c1-7-22(25(4,5)6)28-14-19(24(30)31)21(29)12-20(28)16(3)23(15(2)17-8-9-17)18-10-11-26-27-13-18;1-2/h10-14,17,22H,2,7-9H2,1,3-6H3,(H,30,31);1-2H3/b23-16-;/t22-;/m0./s1. The number of aromatic carboxylic acids is 1. The first kappa shape index (κ1) is 26.2. The molecule has 3 rings (SSSR count). The number of nitrogens with zero attached hydrogens (tertiary/aromatic N) is 3. The van der Waals surface area contributed by atoms with E-state index in [-0.39, 0.29) is 17.0 Å². The van der Waals surface area contributed by atoms with Crippen molar-refractivity contribution in [3.05, 3.63) is 69.9 Å². The summed E-state index contributed by atoms with van der Waals surface area (Å²) in [5.41, 5.74) is 3.63. The first-order valence-electron chi connectivity index (χ1n) is 11.7. The predicted octanol–water partition coefficient (Wildman–Crippen LogP) is 6.26. The average Bonchev–Trinajstić information content (AvgIpc) is 3.61. The van der Waals surface area contributed by atoms with Crippen LogP contribution in [-0.2, 0) is 0 Å². The molecule has 178 valence electrons. The van der Waals surface area contributed by atoms with E-state index in [4.69, 9.17) is 0 Å². The van der Waals surface area contributed by atoms with Gasteiger partial charge < -0.3 is 9.67 Å². The molecule has 6 nitrogen and oxygen atoms in total. The summed E-state index contributed by atoms with van der Waals surface area (Å²) >= 11 is 0. The third kappa shape index (κ3) is 5.86. The van der Waals surface area contributed by atoms with Crippen molar-refractivity contribution in [1.82, 2.24) is 14.8 Å². The lowest BCUT2D eigenvalue weighted by molar-refractivity contribution is 0.0693. The number of hydrogen-bond donors (Lipinski definition) is 1. The van der Waals surface area contributed by atoms with E-state index in [0.29, 0.717) is 11.6 Å². The van der Waals surface area contributed by atoms with Gasteiger partial charge >= 0.3 is 5.97 Å². The third-order valence-electron chi connectivity index (χ3n) is 6.06. The van der Waals surface area contributed by atoms with Gasteiger partial charge in [-0.1, -0.05) is 48.1 Å². The Kier molecular flexibility index (Phi) is 8.53. The van der Waals surface area contributed by atoms with E-state index in [1.807, 2.05) is 31.4 Å². The SMILES string of the molecule is C=C(/C(=C(\C)c1cc(=O)c(C(=O)O)cn1[C@@H](CC)C(C)(C)C)c1ccnnc1)C1CC1.CC. The van der Waals surface area contributed by atoms with Gasteiger partial charge in [-0.2, -0.15) is 10.2 Å². The van der Waals surface area contributed by atoms with Crippen LogP contribution < -0.4 is 5.43 Å². The van der Waals surface area contributed by atoms with Gasteiger partial charge in [-0.05, 0) is 60.3 Å². The lowest BCUT2D eigenvalue weighted by atomic mass is 9.83. The molecule has 0 unspecified atom stereocenters. The van der Waals surface area contributed by atoms with Crippen molar-refractivity contribution in [2.75, 3.05) is 0 Å². The second-order valence-electron chi connectivity index (χ2n) is 9.37. The van der Waals surface area contributed by atoms with E-state index in [1.165, 1.54) is 12.3 Å². The molecule has 1 saturated carbocycles. The molecule has 2 aromatic rings. The van der Waals surface area contributed by atoms with Gasteiger partial charge in [-0.15, -0.1) is 0 Å². The molecule has 2 aromatic heterocycles. The van der Waals surface area contributed by atoms with E-state index in [2.05, 4.69) is 44.5 Å². The molecule has 1 atom stereocenters. The van der Waals surface area contributed by atoms with Crippen LogP contribution in [0.1, 0.15) is 95.4 Å². The zero-order valence-electron chi connectivity index (χ0n) is 21.0. The molecule has 1 fully saturated rings. The van der Waals surface area contributed by atoms with E-state index in [1.54, 1.807) is 12.4 Å². The molecule has 0 aromatic carbocycles. The Labute approximate surface area is 197 Å². The normalized spacial score (nSPS) is 15.1. The first-order chi connectivity index (χ1) is 15.6. The summed E-state index contributed by atoms with van der Waals surface area (Å²) in [6.07, 6.45) is 7.85. The fraction of sp³-hybridized carbons (Fsp3) is 0.481. The van der Waals surface area contributed by atoms with Crippen LogP contribution in [-0.4, -0.2) is 25.8 Å². The molecule has 0 aliphatic heterocycles. The lowest BCUT2D eigenvalue weighted by Gasteiger charge is -2.35. The van der Waals surface area contributed by atoms with Gasteiger partial charge in [0, 0.05) is 29.6 Å². The Morgan fingerprint density at radius 2 is 1.91 bits per heavy atom. The van der Waals surface area contributed by atoms with Crippen molar-refractivity contribution in [1.29, 1.82) is 0 Å². The predicted molar refractivity (Wildman–Crippen MR) is 134 cm³/mol. The molecule has 0 radical (unpaired) electrons. The highest BCUT2D eigenvalue weighted by Crippen LogP contribution is 2.45. The molecule has 0 bridgehead atoms. The minimum atomic E-state index is -1.21. The van der Waals surface area contributed by atoms with Gasteiger partial charge in [-0.25, -0.2) is 4.79 Å². The number of carboxylic acid groups (broad SMARTS) is 1. The quantitative estimate of drug-likeness (QED) is 0.502. The fourth-order valence-electron chi connectivity index (χ4n) is 4.34. The van der Waals surface area contributed by atoms with Gasteiger partial charge in [0.1, 0.15) is 5.56 Å². The van der Waals surface area contributed by atoms with E-state index in [9.17, 15) is 14.7 Å². The molecule has 2 heterocycles. The second-order valence-corrected chi connectivity index (χ2v) is 9.37. The van der Waals surface area contributed by atoms with Crippen molar-refractivity contribution < 1.29 is 9.90 Å². The molecule has 6 heteroatoms. The summed E-state index contributed by atoms with van der Waals surface area (Å²) in [6, 6.07) is 3.36. The number of rotatable bonds is 7. The Bertz CT molecular complexity index is 1090. The highest BCUT2D eigenvalue weighted by Gasteiger charge is 2.31. The summed E-state index contributed by atoms with van der Waals surface area (Å²) in [4.78, 5) is 24.4. The summed E-state index contributed by atoms with van der Waals surface area (Å²) in [7, 11) is 0. The molecule has 33 heavy (non-hydrogen) atoms. The maximum Gasteiger partial charge on any atom is 0.341 e. The molecular weight excluding hydrogens is 414 g/mol. The molecule has 0 saturated heterocycles. The average molecular weight is 452 g/mol. The largest absolute Gasteiger partial charge is 0.477 e. The van der Waals surface area contributed by atoms with Gasteiger partial charge in [0.05, 0.1) is 12.4 Å². The van der Waals surface area contributed by atoms with E-state index >= 15 is 0 Å². The number of hydrogen-bond acceptors (Lipinski definition) is 4. The third-order valence-corrected chi connectivity index (χ3v) is 6.06.